The van der Waals surface area contributed by atoms with Crippen molar-refractivity contribution in [2.24, 2.45) is 0 Å². The third-order valence-electron chi connectivity index (χ3n) is 2.63. The van der Waals surface area contributed by atoms with E-state index in [0.717, 1.165) is 11.1 Å². The van der Waals surface area contributed by atoms with Gasteiger partial charge in [0.15, 0.2) is 0 Å². The number of halogens is 1. The molecule has 0 aliphatic heterocycles. The number of hydrogen-bond acceptors (Lipinski definition) is 3. The Balaban J connectivity index is 2.19. The summed E-state index contributed by atoms with van der Waals surface area (Å²) in [5.41, 5.74) is 2.48. The second-order valence-corrected chi connectivity index (χ2v) is 5.74. The van der Waals surface area contributed by atoms with Gasteiger partial charge in [0.05, 0.1) is 11.6 Å². The van der Waals surface area contributed by atoms with Gasteiger partial charge in [-0.2, -0.15) is 0 Å². The molecule has 0 unspecified atom stereocenters. The summed E-state index contributed by atoms with van der Waals surface area (Å²) in [4.78, 5) is 12.6. The lowest BCUT2D eigenvalue weighted by molar-refractivity contribution is 0.103. The van der Waals surface area contributed by atoms with Gasteiger partial charge in [-0.05, 0) is 42.1 Å². The van der Waals surface area contributed by atoms with Crippen molar-refractivity contribution < 1.29 is 9.90 Å². The van der Waals surface area contributed by atoms with Gasteiger partial charge < -0.3 is 10.4 Å². The van der Waals surface area contributed by atoms with Crippen LogP contribution in [0, 0.1) is 18.8 Å². The fraction of sp³-hybridized carbons (Fsp3) is 0.188. The van der Waals surface area contributed by atoms with Crippen molar-refractivity contribution in [2.75, 3.05) is 11.9 Å². The average molecular weight is 320 g/mol. The van der Waals surface area contributed by atoms with Gasteiger partial charge in [-0.25, -0.2) is 0 Å². The van der Waals surface area contributed by atoms with Crippen LogP contribution >= 0.6 is 22.9 Å². The van der Waals surface area contributed by atoms with Crippen LogP contribution in [0.5, 0.6) is 0 Å². The molecule has 21 heavy (non-hydrogen) atoms. The molecule has 0 spiro atoms. The molecule has 2 aromatic rings. The SMILES string of the molecule is Cc1cc(C#CCCO)cc(NC(=O)c2sccc2Cl)c1. The predicted octanol–water partition coefficient (Wildman–Crippen LogP) is 3.70. The summed E-state index contributed by atoms with van der Waals surface area (Å²) < 4.78 is 0. The van der Waals surface area contributed by atoms with E-state index in [2.05, 4.69) is 17.2 Å². The third kappa shape index (κ3) is 4.33. The summed E-state index contributed by atoms with van der Waals surface area (Å²) in [6, 6.07) is 7.30. The maximum Gasteiger partial charge on any atom is 0.267 e. The van der Waals surface area contributed by atoms with E-state index in [4.69, 9.17) is 16.7 Å². The first-order valence-corrected chi connectivity index (χ1v) is 7.61. The molecule has 1 aromatic heterocycles. The molecule has 0 bridgehead atoms. The van der Waals surface area contributed by atoms with Crippen LogP contribution in [-0.4, -0.2) is 17.6 Å². The minimum atomic E-state index is -0.227. The van der Waals surface area contributed by atoms with E-state index >= 15 is 0 Å². The molecule has 2 rings (SSSR count). The lowest BCUT2D eigenvalue weighted by Gasteiger charge is -2.06. The molecule has 5 heteroatoms. The Bertz CT molecular complexity index is 713. The first-order chi connectivity index (χ1) is 10.1. The third-order valence-corrected chi connectivity index (χ3v) is 3.97. The van der Waals surface area contributed by atoms with Gasteiger partial charge in [-0.3, -0.25) is 4.79 Å². The number of aryl methyl sites for hydroxylation is 1. The molecular formula is C16H14ClNO2S. The van der Waals surface area contributed by atoms with Crippen LogP contribution in [0.1, 0.15) is 27.2 Å². The highest BCUT2D eigenvalue weighted by Gasteiger charge is 2.12. The number of rotatable bonds is 3. The largest absolute Gasteiger partial charge is 0.395 e. The topological polar surface area (TPSA) is 49.3 Å². The summed E-state index contributed by atoms with van der Waals surface area (Å²) >= 11 is 7.25. The quantitative estimate of drug-likeness (QED) is 0.848. The second kappa shape index (κ2) is 7.28. The van der Waals surface area contributed by atoms with Crippen molar-refractivity contribution in [1.82, 2.24) is 0 Å². The maximum absolute atomic E-state index is 12.1. The molecule has 0 aliphatic carbocycles. The van der Waals surface area contributed by atoms with Crippen molar-refractivity contribution in [1.29, 1.82) is 0 Å². The Hall–Kier alpha value is -1.80. The normalized spacial score (nSPS) is 9.86. The highest BCUT2D eigenvalue weighted by molar-refractivity contribution is 7.12. The minimum Gasteiger partial charge on any atom is -0.395 e. The second-order valence-electron chi connectivity index (χ2n) is 4.41. The number of nitrogens with one attached hydrogen (secondary N) is 1. The van der Waals surface area contributed by atoms with Gasteiger partial charge >= 0.3 is 0 Å². The zero-order valence-corrected chi connectivity index (χ0v) is 13.0. The van der Waals surface area contributed by atoms with Crippen molar-refractivity contribution in [3.8, 4) is 11.8 Å². The molecule has 0 fully saturated rings. The molecule has 1 heterocycles. The fourth-order valence-corrected chi connectivity index (χ4v) is 2.83. The van der Waals surface area contributed by atoms with Gasteiger partial charge in [-0.1, -0.05) is 23.4 Å². The van der Waals surface area contributed by atoms with Crippen LogP contribution in [0.4, 0.5) is 5.69 Å². The van der Waals surface area contributed by atoms with E-state index in [1.807, 2.05) is 19.1 Å². The number of carbonyl (C=O) groups is 1. The maximum atomic E-state index is 12.1. The molecule has 0 saturated carbocycles. The summed E-state index contributed by atoms with van der Waals surface area (Å²) in [5.74, 6) is 5.60. The molecule has 0 aliphatic rings. The Morgan fingerprint density at radius 2 is 2.24 bits per heavy atom. The van der Waals surface area contributed by atoms with E-state index < -0.39 is 0 Å². The van der Waals surface area contributed by atoms with Gasteiger partial charge in [0.1, 0.15) is 4.88 Å². The predicted molar refractivity (Wildman–Crippen MR) is 87.0 cm³/mol. The molecule has 1 amide bonds. The highest BCUT2D eigenvalue weighted by Crippen LogP contribution is 2.23. The molecule has 3 nitrogen and oxygen atoms in total. The number of aliphatic hydroxyl groups excluding tert-OH is 1. The van der Waals surface area contributed by atoms with Gasteiger partial charge in [0.25, 0.3) is 5.91 Å². The van der Waals surface area contributed by atoms with Gasteiger partial charge in [0.2, 0.25) is 0 Å². The minimum absolute atomic E-state index is 0.0410. The lowest BCUT2D eigenvalue weighted by atomic mass is 10.1. The van der Waals surface area contributed by atoms with Gasteiger partial charge in [0, 0.05) is 17.7 Å². The summed E-state index contributed by atoms with van der Waals surface area (Å²) in [5, 5.41) is 13.8. The molecule has 2 N–H and O–H groups in total. The van der Waals surface area contributed by atoms with Crippen LogP contribution in [-0.2, 0) is 0 Å². The Kier molecular flexibility index (Phi) is 5.40. The number of anilines is 1. The lowest BCUT2D eigenvalue weighted by Crippen LogP contribution is -2.10. The molecular weight excluding hydrogens is 306 g/mol. The molecule has 0 saturated heterocycles. The Morgan fingerprint density at radius 3 is 2.90 bits per heavy atom. The Morgan fingerprint density at radius 1 is 1.43 bits per heavy atom. The standard InChI is InChI=1S/C16H14ClNO2S/c1-11-8-12(4-2-3-6-19)10-13(9-11)18-16(20)15-14(17)5-7-21-15/h5,7-10,19H,3,6H2,1H3,(H,18,20). The monoisotopic (exact) mass is 319 g/mol. The van der Waals surface area contributed by atoms with E-state index in [1.54, 1.807) is 17.5 Å². The van der Waals surface area contributed by atoms with Crippen LogP contribution < -0.4 is 5.32 Å². The first-order valence-electron chi connectivity index (χ1n) is 6.36. The van der Waals surface area contributed by atoms with E-state index in [-0.39, 0.29) is 12.5 Å². The zero-order valence-electron chi connectivity index (χ0n) is 11.4. The highest BCUT2D eigenvalue weighted by atomic mass is 35.5. The van der Waals surface area contributed by atoms with Crippen LogP contribution in [0.25, 0.3) is 0 Å². The van der Waals surface area contributed by atoms with E-state index in [1.165, 1.54) is 11.3 Å². The van der Waals surface area contributed by atoms with Crippen LogP contribution in [0.3, 0.4) is 0 Å². The average Bonchev–Trinajstić information content (AvgIpc) is 2.85. The Labute approximate surface area is 132 Å². The number of aliphatic hydroxyl groups is 1. The van der Waals surface area contributed by atoms with Crippen molar-refractivity contribution >= 4 is 34.5 Å². The number of benzene rings is 1. The van der Waals surface area contributed by atoms with Crippen molar-refractivity contribution in [2.45, 2.75) is 13.3 Å². The van der Waals surface area contributed by atoms with Crippen molar-refractivity contribution in [3.05, 3.63) is 50.7 Å². The van der Waals surface area contributed by atoms with E-state index in [9.17, 15) is 4.79 Å². The molecule has 108 valence electrons. The fourth-order valence-electron chi connectivity index (χ4n) is 1.79. The molecule has 1 aromatic carbocycles. The smallest absolute Gasteiger partial charge is 0.267 e. The summed E-state index contributed by atoms with van der Waals surface area (Å²) in [7, 11) is 0. The van der Waals surface area contributed by atoms with Crippen molar-refractivity contribution in [3.63, 3.8) is 0 Å². The van der Waals surface area contributed by atoms with Crippen LogP contribution in [0.2, 0.25) is 5.02 Å². The summed E-state index contributed by atoms with van der Waals surface area (Å²) in [6.07, 6.45) is 0.431. The molecule has 0 radical (unpaired) electrons. The number of amides is 1. The number of hydrogen-bond donors (Lipinski definition) is 2. The zero-order chi connectivity index (χ0) is 15.2. The van der Waals surface area contributed by atoms with E-state index in [0.29, 0.717) is 22.0 Å². The number of thiophene rings is 1. The summed E-state index contributed by atoms with van der Waals surface area (Å²) in [6.45, 7) is 1.98. The van der Waals surface area contributed by atoms with Gasteiger partial charge in [-0.15, -0.1) is 11.3 Å². The van der Waals surface area contributed by atoms with Crippen LogP contribution in [0.15, 0.2) is 29.6 Å². The number of carbonyl (C=O) groups excluding carboxylic acids is 1. The first kappa shape index (κ1) is 15.6. The molecule has 0 atom stereocenters.